The predicted molar refractivity (Wildman–Crippen MR) is 96.6 cm³/mol. The molecule has 3 rings (SSSR count). The number of hydrogen-bond donors (Lipinski definition) is 0. The Morgan fingerprint density at radius 3 is 2.96 bits per heavy atom. The molecule has 1 aliphatic heterocycles. The Kier molecular flexibility index (Phi) is 5.48. The minimum absolute atomic E-state index is 0.0408. The Hall–Kier alpha value is -2.21. The van der Waals surface area contributed by atoms with Crippen LogP contribution in [0, 0.1) is 6.92 Å². The fourth-order valence-electron chi connectivity index (χ4n) is 3.29. The highest BCUT2D eigenvalue weighted by molar-refractivity contribution is 5.80. The van der Waals surface area contributed by atoms with Gasteiger partial charge in [-0.15, -0.1) is 0 Å². The SMILES string of the molecule is Cc1nc2ccccc2n(CC(=O)N(C)CCC[C@H]2CCCO2)c1=O. The van der Waals surface area contributed by atoms with Crippen molar-refractivity contribution in [2.24, 2.45) is 0 Å². The highest BCUT2D eigenvalue weighted by atomic mass is 16.5. The predicted octanol–water partition coefficient (Wildman–Crippen LogP) is 2.12. The molecule has 0 bridgehead atoms. The van der Waals surface area contributed by atoms with E-state index in [0.717, 1.165) is 37.8 Å². The lowest BCUT2D eigenvalue weighted by Gasteiger charge is -2.19. The van der Waals surface area contributed by atoms with E-state index < -0.39 is 0 Å². The van der Waals surface area contributed by atoms with E-state index >= 15 is 0 Å². The standard InChI is InChI=1S/C19H25N3O3/c1-14-19(24)22(17-10-4-3-9-16(17)20-14)13-18(23)21(2)11-5-7-15-8-6-12-25-15/h3-4,9-10,15H,5-8,11-13H2,1-2H3/t15-/m0/s1. The van der Waals surface area contributed by atoms with Crippen LogP contribution in [0.15, 0.2) is 29.1 Å². The lowest BCUT2D eigenvalue weighted by Crippen LogP contribution is -2.35. The largest absolute Gasteiger partial charge is 0.378 e. The third-order valence-electron chi connectivity index (χ3n) is 4.78. The summed E-state index contributed by atoms with van der Waals surface area (Å²) in [6.07, 6.45) is 4.50. The van der Waals surface area contributed by atoms with Gasteiger partial charge in [0.15, 0.2) is 0 Å². The summed E-state index contributed by atoms with van der Waals surface area (Å²) >= 11 is 0. The molecule has 25 heavy (non-hydrogen) atoms. The molecule has 1 aromatic carbocycles. The fourth-order valence-corrected chi connectivity index (χ4v) is 3.29. The highest BCUT2D eigenvalue weighted by Gasteiger charge is 2.17. The van der Waals surface area contributed by atoms with Gasteiger partial charge in [0, 0.05) is 20.2 Å². The Morgan fingerprint density at radius 1 is 1.40 bits per heavy atom. The monoisotopic (exact) mass is 343 g/mol. The van der Waals surface area contributed by atoms with Gasteiger partial charge in [-0.3, -0.25) is 14.2 Å². The first-order valence-corrected chi connectivity index (χ1v) is 8.88. The normalized spacial score (nSPS) is 17.1. The van der Waals surface area contributed by atoms with E-state index in [4.69, 9.17) is 4.74 Å². The van der Waals surface area contributed by atoms with Crippen LogP contribution in [-0.4, -0.2) is 46.7 Å². The van der Waals surface area contributed by atoms with E-state index in [0.29, 0.717) is 23.9 Å². The van der Waals surface area contributed by atoms with E-state index in [9.17, 15) is 9.59 Å². The number of fused-ring (bicyclic) bond motifs is 1. The summed E-state index contributed by atoms with van der Waals surface area (Å²) in [5.41, 5.74) is 1.62. The van der Waals surface area contributed by atoms with Crippen LogP contribution in [0.3, 0.4) is 0 Å². The van der Waals surface area contributed by atoms with E-state index in [1.54, 1.807) is 18.9 Å². The zero-order chi connectivity index (χ0) is 17.8. The average Bonchev–Trinajstić information content (AvgIpc) is 3.12. The van der Waals surface area contributed by atoms with Crippen molar-refractivity contribution in [2.45, 2.75) is 45.3 Å². The van der Waals surface area contributed by atoms with E-state index in [1.807, 2.05) is 24.3 Å². The molecule has 1 fully saturated rings. The van der Waals surface area contributed by atoms with Gasteiger partial charge in [0.1, 0.15) is 12.2 Å². The van der Waals surface area contributed by atoms with Crippen molar-refractivity contribution in [3.05, 3.63) is 40.3 Å². The molecule has 1 saturated heterocycles. The van der Waals surface area contributed by atoms with Gasteiger partial charge < -0.3 is 9.64 Å². The number of aromatic nitrogens is 2. The summed E-state index contributed by atoms with van der Waals surface area (Å²) in [6.45, 7) is 3.26. The minimum atomic E-state index is -0.209. The minimum Gasteiger partial charge on any atom is -0.378 e. The van der Waals surface area contributed by atoms with Gasteiger partial charge in [0.25, 0.3) is 5.56 Å². The van der Waals surface area contributed by atoms with Gasteiger partial charge in [-0.1, -0.05) is 12.1 Å². The van der Waals surface area contributed by atoms with E-state index in [2.05, 4.69) is 4.98 Å². The van der Waals surface area contributed by atoms with Crippen molar-refractivity contribution < 1.29 is 9.53 Å². The molecular formula is C19H25N3O3. The number of likely N-dealkylation sites (N-methyl/N-ethyl adjacent to an activating group) is 1. The first-order valence-electron chi connectivity index (χ1n) is 8.88. The smallest absolute Gasteiger partial charge is 0.272 e. The maximum absolute atomic E-state index is 12.6. The van der Waals surface area contributed by atoms with Crippen molar-refractivity contribution in [3.8, 4) is 0 Å². The molecule has 2 heterocycles. The number of hydrogen-bond acceptors (Lipinski definition) is 4. The van der Waals surface area contributed by atoms with Crippen molar-refractivity contribution in [3.63, 3.8) is 0 Å². The molecule has 0 aliphatic carbocycles. The third kappa shape index (κ3) is 4.07. The maximum Gasteiger partial charge on any atom is 0.272 e. The van der Waals surface area contributed by atoms with Gasteiger partial charge in [-0.25, -0.2) is 4.98 Å². The lowest BCUT2D eigenvalue weighted by molar-refractivity contribution is -0.130. The fraction of sp³-hybridized carbons (Fsp3) is 0.526. The number of ether oxygens (including phenoxy) is 1. The van der Waals surface area contributed by atoms with Crippen LogP contribution >= 0.6 is 0 Å². The molecule has 0 radical (unpaired) electrons. The molecule has 6 nitrogen and oxygen atoms in total. The van der Waals surface area contributed by atoms with Crippen molar-refractivity contribution in [1.29, 1.82) is 0 Å². The number of benzene rings is 1. The van der Waals surface area contributed by atoms with Crippen molar-refractivity contribution in [1.82, 2.24) is 14.5 Å². The van der Waals surface area contributed by atoms with Crippen LogP contribution in [0.25, 0.3) is 11.0 Å². The average molecular weight is 343 g/mol. The van der Waals surface area contributed by atoms with Gasteiger partial charge in [-0.2, -0.15) is 0 Å². The van der Waals surface area contributed by atoms with Crippen LogP contribution in [0.1, 0.15) is 31.4 Å². The molecular weight excluding hydrogens is 318 g/mol. The molecule has 0 unspecified atom stereocenters. The summed E-state index contributed by atoms with van der Waals surface area (Å²) in [4.78, 5) is 31.0. The number of rotatable bonds is 6. The van der Waals surface area contributed by atoms with Crippen LogP contribution in [0.4, 0.5) is 0 Å². The number of carbonyl (C=O) groups excluding carboxylic acids is 1. The summed E-state index contributed by atoms with van der Waals surface area (Å²) in [6, 6.07) is 7.41. The third-order valence-corrected chi connectivity index (χ3v) is 4.78. The van der Waals surface area contributed by atoms with Crippen molar-refractivity contribution in [2.75, 3.05) is 20.2 Å². The zero-order valence-corrected chi connectivity index (χ0v) is 14.9. The number of amides is 1. The molecule has 1 atom stereocenters. The topological polar surface area (TPSA) is 64.4 Å². The second-order valence-corrected chi connectivity index (χ2v) is 6.67. The maximum atomic E-state index is 12.6. The summed E-state index contributed by atoms with van der Waals surface area (Å²) < 4.78 is 7.14. The highest BCUT2D eigenvalue weighted by Crippen LogP contribution is 2.17. The molecule has 6 heteroatoms. The van der Waals surface area contributed by atoms with Crippen LogP contribution in [0.5, 0.6) is 0 Å². The van der Waals surface area contributed by atoms with Crippen LogP contribution in [0.2, 0.25) is 0 Å². The van der Waals surface area contributed by atoms with Crippen LogP contribution in [-0.2, 0) is 16.1 Å². The molecule has 1 aliphatic rings. The van der Waals surface area contributed by atoms with E-state index in [-0.39, 0.29) is 18.0 Å². The lowest BCUT2D eigenvalue weighted by atomic mass is 10.1. The molecule has 0 N–H and O–H groups in total. The molecule has 134 valence electrons. The molecule has 2 aromatic rings. The first kappa shape index (κ1) is 17.6. The first-order chi connectivity index (χ1) is 12.1. The number of carbonyl (C=O) groups is 1. The summed E-state index contributed by atoms with van der Waals surface area (Å²) in [7, 11) is 1.79. The number of aryl methyl sites for hydroxylation is 1. The summed E-state index contributed by atoms with van der Waals surface area (Å²) in [5.74, 6) is -0.0646. The second kappa shape index (κ2) is 7.78. The van der Waals surface area contributed by atoms with Gasteiger partial charge in [-0.05, 0) is 44.7 Å². The Morgan fingerprint density at radius 2 is 2.20 bits per heavy atom. The summed E-state index contributed by atoms with van der Waals surface area (Å²) in [5, 5.41) is 0. The van der Waals surface area contributed by atoms with Gasteiger partial charge >= 0.3 is 0 Å². The molecule has 1 aromatic heterocycles. The number of para-hydroxylation sites is 2. The molecule has 0 saturated carbocycles. The quantitative estimate of drug-likeness (QED) is 0.806. The number of nitrogens with zero attached hydrogens (tertiary/aromatic N) is 3. The second-order valence-electron chi connectivity index (χ2n) is 6.67. The van der Waals surface area contributed by atoms with Gasteiger partial charge in [0.05, 0.1) is 17.1 Å². The Balaban J connectivity index is 1.66. The van der Waals surface area contributed by atoms with E-state index in [1.165, 1.54) is 4.57 Å². The van der Waals surface area contributed by atoms with Crippen molar-refractivity contribution >= 4 is 16.9 Å². The zero-order valence-electron chi connectivity index (χ0n) is 14.9. The Labute approximate surface area is 147 Å². The Bertz CT molecular complexity index is 809. The van der Waals surface area contributed by atoms with Gasteiger partial charge in [0.2, 0.25) is 5.91 Å². The molecule has 1 amide bonds. The van der Waals surface area contributed by atoms with Crippen LogP contribution < -0.4 is 5.56 Å². The molecule has 0 spiro atoms.